The molecule has 1 aromatic heterocycles. The molecule has 2 heteroatoms. The van der Waals surface area contributed by atoms with E-state index in [-0.39, 0.29) is 0 Å². The van der Waals surface area contributed by atoms with E-state index in [9.17, 15) is 0 Å². The first kappa shape index (κ1) is 13.3. The first-order valence-electron chi connectivity index (χ1n) is 6.99. The summed E-state index contributed by atoms with van der Waals surface area (Å²) in [6, 6.07) is 17.3. The van der Waals surface area contributed by atoms with Crippen LogP contribution in [0.3, 0.4) is 0 Å². The van der Waals surface area contributed by atoms with Gasteiger partial charge in [0.15, 0.2) is 0 Å². The molecular weight excluding hydrogens is 266 g/mol. The molecule has 0 aliphatic rings. The molecule has 0 spiro atoms. The molecular formula is C18H18ClN. The lowest BCUT2D eigenvalue weighted by atomic mass is 10.0. The van der Waals surface area contributed by atoms with E-state index < -0.39 is 0 Å². The lowest BCUT2D eigenvalue weighted by molar-refractivity contribution is 0.959. The van der Waals surface area contributed by atoms with Crippen molar-refractivity contribution in [2.24, 2.45) is 7.05 Å². The van der Waals surface area contributed by atoms with Crippen LogP contribution in [-0.2, 0) is 19.9 Å². The average molecular weight is 284 g/mol. The van der Waals surface area contributed by atoms with Crippen LogP contribution in [0.15, 0.2) is 48.5 Å². The van der Waals surface area contributed by atoms with Crippen LogP contribution >= 0.6 is 11.6 Å². The van der Waals surface area contributed by atoms with Gasteiger partial charge in [-0.15, -0.1) is 0 Å². The number of halogens is 1. The van der Waals surface area contributed by atoms with Crippen molar-refractivity contribution in [2.45, 2.75) is 19.8 Å². The van der Waals surface area contributed by atoms with E-state index in [2.05, 4.69) is 54.0 Å². The van der Waals surface area contributed by atoms with Gasteiger partial charge in [0.2, 0.25) is 0 Å². The Labute approximate surface area is 124 Å². The van der Waals surface area contributed by atoms with Gasteiger partial charge in [0.1, 0.15) is 5.15 Å². The van der Waals surface area contributed by atoms with Gasteiger partial charge in [0.25, 0.3) is 0 Å². The molecule has 0 N–H and O–H groups in total. The molecule has 0 radical (unpaired) electrons. The summed E-state index contributed by atoms with van der Waals surface area (Å²) in [7, 11) is 2.02. The fraction of sp³-hybridized carbons (Fsp3) is 0.222. The molecule has 0 saturated carbocycles. The number of aryl methyl sites for hydroxylation is 2. The largest absolute Gasteiger partial charge is 0.335 e. The van der Waals surface area contributed by atoms with Gasteiger partial charge in [-0.2, -0.15) is 0 Å². The van der Waals surface area contributed by atoms with E-state index in [0.29, 0.717) is 0 Å². The van der Waals surface area contributed by atoms with Gasteiger partial charge in [0.05, 0.1) is 5.52 Å². The van der Waals surface area contributed by atoms with Crippen LogP contribution in [0, 0.1) is 0 Å². The van der Waals surface area contributed by atoms with Crippen molar-refractivity contribution in [1.29, 1.82) is 0 Å². The zero-order valence-electron chi connectivity index (χ0n) is 11.9. The third-order valence-corrected chi connectivity index (χ3v) is 4.27. The number of benzene rings is 2. The highest BCUT2D eigenvalue weighted by Crippen LogP contribution is 2.27. The highest BCUT2D eigenvalue weighted by Gasteiger charge is 2.08. The molecule has 0 unspecified atom stereocenters. The second-order valence-corrected chi connectivity index (χ2v) is 5.62. The van der Waals surface area contributed by atoms with Gasteiger partial charge >= 0.3 is 0 Å². The van der Waals surface area contributed by atoms with Crippen LogP contribution in [-0.4, -0.2) is 4.57 Å². The van der Waals surface area contributed by atoms with E-state index in [0.717, 1.165) is 18.0 Å². The monoisotopic (exact) mass is 283 g/mol. The summed E-state index contributed by atoms with van der Waals surface area (Å²) in [6.45, 7) is 2.18. The zero-order chi connectivity index (χ0) is 14.1. The van der Waals surface area contributed by atoms with Gasteiger partial charge in [0, 0.05) is 12.4 Å². The molecule has 0 fully saturated rings. The van der Waals surface area contributed by atoms with Crippen LogP contribution in [0.25, 0.3) is 10.9 Å². The Hall–Kier alpha value is -1.73. The van der Waals surface area contributed by atoms with Crippen LogP contribution in [0.4, 0.5) is 0 Å². The minimum Gasteiger partial charge on any atom is -0.335 e. The number of rotatable bonds is 3. The van der Waals surface area contributed by atoms with Crippen molar-refractivity contribution in [3.63, 3.8) is 0 Å². The van der Waals surface area contributed by atoms with E-state index in [1.165, 1.54) is 27.6 Å². The van der Waals surface area contributed by atoms with Gasteiger partial charge in [-0.3, -0.25) is 0 Å². The second kappa shape index (κ2) is 5.34. The van der Waals surface area contributed by atoms with E-state index in [1.807, 2.05) is 13.1 Å². The Kier molecular flexibility index (Phi) is 3.54. The molecule has 20 heavy (non-hydrogen) atoms. The number of fused-ring (bicyclic) bond motifs is 1. The SMILES string of the molecule is CCc1ccc(Cc2cccc3cc(Cl)n(C)c23)cc1. The summed E-state index contributed by atoms with van der Waals surface area (Å²) < 4.78 is 2.06. The second-order valence-electron chi connectivity index (χ2n) is 5.23. The Balaban J connectivity index is 2.01. The lowest BCUT2D eigenvalue weighted by Gasteiger charge is -2.07. The van der Waals surface area contributed by atoms with E-state index in [1.54, 1.807) is 0 Å². The van der Waals surface area contributed by atoms with Gasteiger partial charge in [-0.25, -0.2) is 0 Å². The molecule has 0 aliphatic carbocycles. The predicted molar refractivity (Wildman–Crippen MR) is 86.6 cm³/mol. The number of hydrogen-bond acceptors (Lipinski definition) is 0. The van der Waals surface area contributed by atoms with Crippen LogP contribution in [0.5, 0.6) is 0 Å². The Morgan fingerprint density at radius 2 is 1.70 bits per heavy atom. The molecule has 2 aromatic carbocycles. The molecule has 0 saturated heterocycles. The highest BCUT2D eigenvalue weighted by atomic mass is 35.5. The maximum atomic E-state index is 6.23. The molecule has 0 atom stereocenters. The topological polar surface area (TPSA) is 4.93 Å². The van der Waals surface area contributed by atoms with Crippen molar-refractivity contribution in [1.82, 2.24) is 4.57 Å². The summed E-state index contributed by atoms with van der Waals surface area (Å²) in [4.78, 5) is 0. The van der Waals surface area contributed by atoms with Crippen LogP contribution in [0.2, 0.25) is 5.15 Å². The lowest BCUT2D eigenvalue weighted by Crippen LogP contribution is -1.95. The molecule has 3 aromatic rings. The summed E-state index contributed by atoms with van der Waals surface area (Å²) >= 11 is 6.23. The molecule has 102 valence electrons. The Morgan fingerprint density at radius 1 is 1.00 bits per heavy atom. The average Bonchev–Trinajstić information content (AvgIpc) is 2.76. The Bertz CT molecular complexity index is 738. The normalized spacial score (nSPS) is 11.2. The van der Waals surface area contributed by atoms with Crippen molar-refractivity contribution in [3.8, 4) is 0 Å². The molecule has 3 rings (SSSR count). The first-order valence-corrected chi connectivity index (χ1v) is 7.37. The summed E-state index contributed by atoms with van der Waals surface area (Å²) in [5, 5.41) is 1.99. The number of nitrogens with zero attached hydrogens (tertiary/aromatic N) is 1. The summed E-state index contributed by atoms with van der Waals surface area (Å²) in [6.07, 6.45) is 2.03. The maximum absolute atomic E-state index is 6.23. The fourth-order valence-corrected chi connectivity index (χ4v) is 2.93. The van der Waals surface area contributed by atoms with Crippen molar-refractivity contribution in [3.05, 3.63) is 70.4 Å². The van der Waals surface area contributed by atoms with Gasteiger partial charge < -0.3 is 4.57 Å². The van der Waals surface area contributed by atoms with Gasteiger partial charge in [-0.05, 0) is 35.6 Å². The minimum atomic E-state index is 0.786. The Morgan fingerprint density at radius 3 is 2.40 bits per heavy atom. The molecule has 1 heterocycles. The third-order valence-electron chi connectivity index (χ3n) is 3.91. The number of hydrogen-bond donors (Lipinski definition) is 0. The minimum absolute atomic E-state index is 0.786. The number of para-hydroxylation sites is 1. The summed E-state index contributed by atoms with van der Waals surface area (Å²) in [5.41, 5.74) is 5.28. The molecule has 0 amide bonds. The van der Waals surface area contributed by atoms with Crippen molar-refractivity contribution in [2.75, 3.05) is 0 Å². The zero-order valence-corrected chi connectivity index (χ0v) is 12.6. The molecule has 0 aliphatic heterocycles. The maximum Gasteiger partial charge on any atom is 0.109 e. The standard InChI is InChI=1S/C18H18ClN/c1-3-13-7-9-14(10-8-13)11-15-5-4-6-16-12-17(19)20(2)18(15)16/h4-10,12H,3,11H2,1-2H3. The predicted octanol–water partition coefficient (Wildman–Crippen LogP) is 4.98. The van der Waals surface area contributed by atoms with Crippen molar-refractivity contribution < 1.29 is 0 Å². The van der Waals surface area contributed by atoms with Crippen molar-refractivity contribution >= 4 is 22.5 Å². The molecule has 1 nitrogen and oxygen atoms in total. The van der Waals surface area contributed by atoms with E-state index in [4.69, 9.17) is 11.6 Å². The fourth-order valence-electron chi connectivity index (χ4n) is 2.72. The summed E-state index contributed by atoms with van der Waals surface area (Å²) in [5.74, 6) is 0. The van der Waals surface area contributed by atoms with E-state index >= 15 is 0 Å². The smallest absolute Gasteiger partial charge is 0.109 e. The quantitative estimate of drug-likeness (QED) is 0.638. The first-order chi connectivity index (χ1) is 9.69. The van der Waals surface area contributed by atoms with Crippen LogP contribution < -0.4 is 0 Å². The third kappa shape index (κ3) is 2.34. The van der Waals surface area contributed by atoms with Gasteiger partial charge in [-0.1, -0.05) is 61.0 Å². The molecule has 0 bridgehead atoms. The van der Waals surface area contributed by atoms with Crippen LogP contribution in [0.1, 0.15) is 23.6 Å². The highest BCUT2D eigenvalue weighted by molar-refractivity contribution is 6.31. The number of aromatic nitrogens is 1.